The van der Waals surface area contributed by atoms with Gasteiger partial charge in [0.1, 0.15) is 0 Å². The summed E-state index contributed by atoms with van der Waals surface area (Å²) < 4.78 is 14.1. The van der Waals surface area contributed by atoms with Crippen LogP contribution in [0.4, 0.5) is 0 Å². The molecule has 2 N–H and O–H groups in total. The first kappa shape index (κ1) is 41.6. The summed E-state index contributed by atoms with van der Waals surface area (Å²) >= 11 is 0. The van der Waals surface area contributed by atoms with Gasteiger partial charge in [-0.3, -0.25) is 19.4 Å². The third-order valence-corrected chi connectivity index (χ3v) is 10.5. The summed E-state index contributed by atoms with van der Waals surface area (Å²) in [5, 5.41) is 21.8. The fourth-order valence-corrected chi connectivity index (χ4v) is 7.16. The van der Waals surface area contributed by atoms with Crippen molar-refractivity contribution in [3.63, 3.8) is 0 Å². The lowest BCUT2D eigenvalue weighted by molar-refractivity contribution is -0.130. The molecular weight excluding hydrogens is 608 g/mol. The third-order valence-electron chi connectivity index (χ3n) is 10.5. The number of carbonyl (C=O) groups excluding carboxylic acids is 2. The fraction of sp³-hybridized carbons (Fsp3) is 0.767. The molecule has 0 bridgehead atoms. The molecule has 2 fully saturated rings. The van der Waals surface area contributed by atoms with Crippen molar-refractivity contribution in [2.24, 2.45) is 11.8 Å². The van der Waals surface area contributed by atoms with Gasteiger partial charge in [0.2, 0.25) is 0 Å². The quantitative estimate of drug-likeness (QED) is 0.223. The van der Waals surface area contributed by atoms with Crippen LogP contribution in [0, 0.1) is 11.8 Å². The van der Waals surface area contributed by atoms with Gasteiger partial charge in [0.25, 0.3) is 0 Å². The Hall–Kier alpha value is -1.86. The van der Waals surface area contributed by atoms with Crippen LogP contribution in [0.2, 0.25) is 0 Å². The fourth-order valence-electron chi connectivity index (χ4n) is 7.16. The molecule has 0 amide bonds. The predicted octanol–water partition coefficient (Wildman–Crippen LogP) is 9.41. The summed E-state index contributed by atoms with van der Waals surface area (Å²) in [5.74, 6) is 0.411. The summed E-state index contributed by atoms with van der Waals surface area (Å²) in [5.41, 5.74) is 0. The molecule has 2 rings (SSSR count). The van der Waals surface area contributed by atoms with Crippen molar-refractivity contribution in [1.29, 1.82) is 0 Å². The zero-order valence-electron chi connectivity index (χ0n) is 34.2. The Morgan fingerprint density at radius 3 is 1.41 bits per heavy atom. The molecule has 6 atom stereocenters. The van der Waals surface area contributed by atoms with Gasteiger partial charge in [-0.25, -0.2) is 0 Å². The molecule has 49 heavy (non-hydrogen) atoms. The summed E-state index contributed by atoms with van der Waals surface area (Å²) in [6.45, 7) is 7.51. The number of nitrogens with zero attached hydrogens (tertiary/aromatic N) is 2. The van der Waals surface area contributed by atoms with E-state index in [1.165, 1.54) is 70.3 Å². The van der Waals surface area contributed by atoms with Crippen molar-refractivity contribution < 1.29 is 22.5 Å². The third kappa shape index (κ3) is 19.9. The average molecular weight is 687 g/mol. The number of carbonyl (C=O) groups is 2. The van der Waals surface area contributed by atoms with Crippen LogP contribution in [0.3, 0.4) is 0 Å². The number of allylic oxidation sites excluding steroid dienone is 7. The Bertz CT molecular complexity index is 1040. The van der Waals surface area contributed by atoms with Gasteiger partial charge in [-0.2, -0.15) is 0 Å². The number of aliphatic hydroxyl groups excluding tert-OH is 2. The van der Waals surface area contributed by atoms with Gasteiger partial charge in [0.05, 0.1) is 27.0 Å². The van der Waals surface area contributed by atoms with Gasteiger partial charge in [0.15, 0.2) is 11.6 Å². The van der Waals surface area contributed by atoms with Crippen molar-refractivity contribution >= 4 is 11.6 Å². The van der Waals surface area contributed by atoms with Gasteiger partial charge >= 0.3 is 0 Å². The van der Waals surface area contributed by atoms with Crippen molar-refractivity contribution in [3.05, 3.63) is 49.1 Å². The highest BCUT2D eigenvalue weighted by Gasteiger charge is 2.34. The van der Waals surface area contributed by atoms with Crippen LogP contribution in [-0.4, -0.2) is 83.1 Å². The number of hydrogen-bond donors (Lipinski definition) is 2. The number of ketones is 2. The standard InChI is InChI=1S/C22H39NO2.C21H37NO2/c1-4-5-6-13-16-19(2)22(25)21-20(24)17-14-11-9-7-8-10-12-15-18-23(21)3;1-4-5-12-15-18(2)21(24)20-19(23)16-13-10-8-6-7-9-11-14-17-22(20)3/h4-6,13,19,21-22,25H,7-12,14-18H2,1-3H3;4-5,12,18,20-21,24H,1,6-11,13-17H2,2-3H3/b5-4?,13-6+;12-5+/t19-,21-,22-;18-,20-,21-/m11/s1/i;1D2. The van der Waals surface area contributed by atoms with Crippen LogP contribution < -0.4 is 0 Å². The molecule has 282 valence electrons. The Balaban J connectivity index is 0.000000510. The van der Waals surface area contributed by atoms with E-state index in [2.05, 4.69) is 15.9 Å². The van der Waals surface area contributed by atoms with E-state index >= 15 is 0 Å². The van der Waals surface area contributed by atoms with Crippen molar-refractivity contribution in [2.45, 2.75) is 173 Å². The SMILES string of the molecule is CC=C/C=C/C[C@@H](C)[C@@H](O)[C@H]1C(=O)CCCCCCCCCCN1C.[2H]C([2H])=C/C=C/C[C@@H](C)[C@@H](O)[C@H]1C(=O)CCCCCCCCCCN1C. The van der Waals surface area contributed by atoms with E-state index in [1.807, 2.05) is 59.2 Å². The van der Waals surface area contributed by atoms with Crippen LogP contribution in [0.1, 0.15) is 152 Å². The van der Waals surface area contributed by atoms with E-state index in [9.17, 15) is 19.8 Å². The molecule has 0 aliphatic carbocycles. The Labute approximate surface area is 305 Å². The molecule has 0 radical (unpaired) electrons. The molecule has 0 unspecified atom stereocenters. The molecule has 0 aromatic rings. The molecule has 0 aromatic heterocycles. The van der Waals surface area contributed by atoms with Gasteiger partial charge in [0, 0.05) is 12.8 Å². The maximum absolute atomic E-state index is 12.8. The highest BCUT2D eigenvalue weighted by atomic mass is 16.3. The Kier molecular flexibility index (Phi) is 24.4. The zero-order valence-corrected chi connectivity index (χ0v) is 32.2. The molecule has 2 aliphatic heterocycles. The Morgan fingerprint density at radius 1 is 0.653 bits per heavy atom. The van der Waals surface area contributed by atoms with E-state index in [4.69, 9.17) is 2.74 Å². The topological polar surface area (TPSA) is 81.1 Å². The zero-order chi connectivity index (χ0) is 37.9. The summed E-state index contributed by atoms with van der Waals surface area (Å²) in [4.78, 5) is 29.8. The summed E-state index contributed by atoms with van der Waals surface area (Å²) in [7, 11) is 3.97. The maximum atomic E-state index is 12.8. The molecule has 0 spiro atoms. The van der Waals surface area contributed by atoms with E-state index in [1.54, 1.807) is 6.08 Å². The molecule has 2 heterocycles. The number of likely N-dealkylation sites (N-methyl/N-ethyl adjacent to an activating group) is 2. The van der Waals surface area contributed by atoms with E-state index in [0.29, 0.717) is 19.3 Å². The minimum Gasteiger partial charge on any atom is -0.391 e. The smallest absolute Gasteiger partial charge is 0.152 e. The minimum atomic E-state index is -0.697. The first-order valence-corrected chi connectivity index (χ1v) is 19.9. The van der Waals surface area contributed by atoms with Crippen LogP contribution >= 0.6 is 0 Å². The van der Waals surface area contributed by atoms with Crippen molar-refractivity contribution in [3.8, 4) is 0 Å². The van der Waals surface area contributed by atoms with Crippen LogP contribution in [0.15, 0.2) is 49.1 Å². The number of rotatable bonds is 10. The van der Waals surface area contributed by atoms with Gasteiger partial charge in [-0.15, -0.1) is 0 Å². The lowest BCUT2D eigenvalue weighted by atomic mass is 9.89. The molecule has 0 saturated carbocycles. The van der Waals surface area contributed by atoms with E-state index in [0.717, 1.165) is 58.0 Å². The normalized spacial score (nSPS) is 25.9. The molecule has 2 aliphatic rings. The second kappa shape index (κ2) is 28.8. The lowest BCUT2D eigenvalue weighted by Gasteiger charge is -2.33. The molecule has 2 saturated heterocycles. The molecule has 0 aromatic carbocycles. The summed E-state index contributed by atoms with van der Waals surface area (Å²) in [6, 6.07) is -0.788. The van der Waals surface area contributed by atoms with Gasteiger partial charge < -0.3 is 10.2 Å². The molecule has 6 heteroatoms. The largest absolute Gasteiger partial charge is 0.391 e. The van der Waals surface area contributed by atoms with Crippen LogP contribution in [0.25, 0.3) is 0 Å². The first-order valence-electron chi connectivity index (χ1n) is 20.9. The Morgan fingerprint density at radius 2 is 1.02 bits per heavy atom. The van der Waals surface area contributed by atoms with E-state index in [-0.39, 0.29) is 36.0 Å². The van der Waals surface area contributed by atoms with Crippen LogP contribution in [0.5, 0.6) is 0 Å². The number of hydrogen-bond acceptors (Lipinski definition) is 6. The maximum Gasteiger partial charge on any atom is 0.152 e. The number of aliphatic hydroxyl groups is 2. The second-order valence-corrected chi connectivity index (χ2v) is 14.9. The molecule has 6 nitrogen and oxygen atoms in total. The molecular formula is C43H76N2O4. The van der Waals surface area contributed by atoms with Crippen LogP contribution in [-0.2, 0) is 9.59 Å². The summed E-state index contributed by atoms with van der Waals surface area (Å²) in [6.07, 6.45) is 33.2. The average Bonchev–Trinajstić information content (AvgIpc) is 3.12. The predicted molar refractivity (Wildman–Crippen MR) is 209 cm³/mol. The van der Waals surface area contributed by atoms with Crippen molar-refractivity contribution in [2.75, 3.05) is 27.2 Å². The van der Waals surface area contributed by atoms with E-state index < -0.39 is 18.2 Å². The lowest BCUT2D eigenvalue weighted by Crippen LogP contribution is -2.49. The minimum absolute atomic E-state index is 0.0494. The number of Topliss-reactive ketones (excluding diaryl/α,β-unsaturated/α-hetero) is 2. The van der Waals surface area contributed by atoms with Gasteiger partial charge in [-0.05, 0) is 84.5 Å². The van der Waals surface area contributed by atoms with Crippen molar-refractivity contribution in [1.82, 2.24) is 9.80 Å². The highest BCUT2D eigenvalue weighted by Crippen LogP contribution is 2.23. The first-order chi connectivity index (χ1) is 24.5. The van der Waals surface area contributed by atoms with Gasteiger partial charge in [-0.1, -0.05) is 140 Å². The second-order valence-electron chi connectivity index (χ2n) is 14.9. The highest BCUT2D eigenvalue weighted by molar-refractivity contribution is 5.85. The monoisotopic (exact) mass is 687 g/mol.